The molecule has 1 atom stereocenters. The molecule has 0 aromatic carbocycles. The van der Waals surface area contributed by atoms with Gasteiger partial charge in [0.2, 0.25) is 11.9 Å². The first-order valence-electron chi connectivity index (χ1n) is 8.34. The van der Waals surface area contributed by atoms with E-state index >= 15 is 0 Å². The van der Waals surface area contributed by atoms with Gasteiger partial charge in [-0.25, -0.2) is 9.97 Å². The third kappa shape index (κ3) is 9.19. The highest BCUT2D eigenvalue weighted by Crippen LogP contribution is 2.09. The fourth-order valence-corrected chi connectivity index (χ4v) is 2.71. The van der Waals surface area contributed by atoms with Crippen LogP contribution in [0.1, 0.15) is 20.3 Å². The molecule has 0 bridgehead atoms. The molecular weight excluding hydrogens is 399 g/mol. The van der Waals surface area contributed by atoms with Crippen molar-refractivity contribution in [2.75, 3.05) is 44.2 Å². The Morgan fingerprint density at radius 3 is 2.27 bits per heavy atom. The zero-order valence-corrected chi connectivity index (χ0v) is 17.8. The van der Waals surface area contributed by atoms with Gasteiger partial charge in [0.15, 0.2) is 0 Å². The summed E-state index contributed by atoms with van der Waals surface area (Å²) in [6.07, 6.45) is 4.26. The number of amides is 1. The molecule has 1 fully saturated rings. The second-order valence-electron chi connectivity index (χ2n) is 6.40. The van der Waals surface area contributed by atoms with Gasteiger partial charge in [0.25, 0.3) is 0 Å². The first kappa shape index (κ1) is 27.4. The van der Waals surface area contributed by atoms with E-state index in [2.05, 4.69) is 38.9 Å². The summed E-state index contributed by atoms with van der Waals surface area (Å²) in [5.74, 6) is 1.18. The number of rotatable bonds is 7. The van der Waals surface area contributed by atoms with Crippen LogP contribution >= 0.6 is 37.2 Å². The quantitative estimate of drug-likeness (QED) is 0.680. The van der Waals surface area contributed by atoms with Crippen LogP contribution in [0, 0.1) is 5.92 Å². The molecule has 1 amide bonds. The van der Waals surface area contributed by atoms with E-state index in [1.54, 1.807) is 12.4 Å². The van der Waals surface area contributed by atoms with Gasteiger partial charge in [-0.3, -0.25) is 9.69 Å². The summed E-state index contributed by atoms with van der Waals surface area (Å²) in [6.45, 7) is 9.36. The normalized spacial score (nSPS) is 15.3. The number of carbonyl (C=O) groups excluding carboxylic acids is 1. The maximum absolute atomic E-state index is 11.9. The fraction of sp³-hybridized carbons (Fsp3) is 0.688. The fourth-order valence-electron chi connectivity index (χ4n) is 2.71. The first-order chi connectivity index (χ1) is 11.1. The Bertz CT molecular complexity index is 486. The van der Waals surface area contributed by atoms with Gasteiger partial charge in [-0.2, -0.15) is 0 Å². The topological polar surface area (TPSA) is 87.4 Å². The minimum atomic E-state index is -0.401. The SMILES string of the molecule is CC(C)C[C@H](N)C(=O)NCCN1CCN(c2ncccn2)CC1.Cl.Cl.Cl. The molecule has 1 aliphatic heterocycles. The predicted octanol–water partition coefficient (Wildman–Crippen LogP) is 1.35. The molecule has 0 spiro atoms. The van der Waals surface area contributed by atoms with Crippen LogP contribution < -0.4 is 16.0 Å². The summed E-state index contributed by atoms with van der Waals surface area (Å²) in [5, 5.41) is 2.93. The molecule has 1 aromatic rings. The molecule has 2 heterocycles. The second kappa shape index (κ2) is 14.2. The number of aromatic nitrogens is 2. The number of nitrogens with two attached hydrogens (primary N) is 1. The zero-order chi connectivity index (χ0) is 16.7. The molecule has 1 aromatic heterocycles. The summed E-state index contributed by atoms with van der Waals surface area (Å²) in [4.78, 5) is 25.0. The number of anilines is 1. The van der Waals surface area contributed by atoms with Gasteiger partial charge >= 0.3 is 0 Å². The van der Waals surface area contributed by atoms with Crippen molar-refractivity contribution < 1.29 is 4.79 Å². The Balaban J connectivity index is 0. The summed E-state index contributed by atoms with van der Waals surface area (Å²) in [5.41, 5.74) is 5.87. The van der Waals surface area contributed by atoms with Crippen LogP contribution in [-0.4, -0.2) is 66.1 Å². The third-order valence-electron chi connectivity index (χ3n) is 4.00. The smallest absolute Gasteiger partial charge is 0.236 e. The highest BCUT2D eigenvalue weighted by Gasteiger charge is 2.19. The summed E-state index contributed by atoms with van der Waals surface area (Å²) < 4.78 is 0. The van der Waals surface area contributed by atoms with Crippen molar-refractivity contribution in [3.05, 3.63) is 18.5 Å². The Labute approximate surface area is 174 Å². The molecule has 0 saturated carbocycles. The monoisotopic (exact) mass is 428 g/mol. The van der Waals surface area contributed by atoms with Crippen molar-refractivity contribution in [1.29, 1.82) is 0 Å². The van der Waals surface area contributed by atoms with Crippen molar-refractivity contribution in [3.8, 4) is 0 Å². The molecular formula is C16H31Cl3N6O. The molecule has 0 radical (unpaired) electrons. The van der Waals surface area contributed by atoms with Gasteiger partial charge in [0.1, 0.15) is 0 Å². The molecule has 0 unspecified atom stereocenters. The molecule has 3 N–H and O–H groups in total. The Morgan fingerprint density at radius 1 is 1.15 bits per heavy atom. The maximum atomic E-state index is 11.9. The van der Waals surface area contributed by atoms with Crippen LogP contribution in [0.5, 0.6) is 0 Å². The molecule has 10 heteroatoms. The lowest BCUT2D eigenvalue weighted by atomic mass is 10.0. The number of nitrogens with zero attached hydrogens (tertiary/aromatic N) is 4. The van der Waals surface area contributed by atoms with Gasteiger partial charge in [-0.1, -0.05) is 13.8 Å². The lowest BCUT2D eigenvalue weighted by Gasteiger charge is -2.34. The van der Waals surface area contributed by atoms with E-state index in [0.29, 0.717) is 12.5 Å². The van der Waals surface area contributed by atoms with Gasteiger partial charge in [-0.15, -0.1) is 37.2 Å². The van der Waals surface area contributed by atoms with E-state index in [0.717, 1.165) is 45.1 Å². The highest BCUT2D eigenvalue weighted by atomic mass is 35.5. The predicted molar refractivity (Wildman–Crippen MR) is 113 cm³/mol. The molecule has 2 rings (SSSR count). The third-order valence-corrected chi connectivity index (χ3v) is 4.00. The minimum absolute atomic E-state index is 0. The zero-order valence-electron chi connectivity index (χ0n) is 15.3. The number of hydrogen-bond donors (Lipinski definition) is 2. The summed E-state index contributed by atoms with van der Waals surface area (Å²) >= 11 is 0. The molecule has 1 aliphatic rings. The van der Waals surface area contributed by atoms with Crippen LogP contribution in [-0.2, 0) is 4.79 Å². The van der Waals surface area contributed by atoms with E-state index in [1.807, 2.05) is 6.07 Å². The van der Waals surface area contributed by atoms with Gasteiger partial charge in [0.05, 0.1) is 6.04 Å². The standard InChI is InChI=1S/C16H28N6O.3ClH/c1-13(2)12-14(17)15(23)18-6-7-21-8-10-22(11-9-21)16-19-4-3-5-20-16;;;/h3-5,13-14H,6-12,17H2,1-2H3,(H,18,23);3*1H/t14-;;;/m0.../s1. The van der Waals surface area contributed by atoms with Crippen LogP contribution in [0.2, 0.25) is 0 Å². The van der Waals surface area contributed by atoms with E-state index in [1.165, 1.54) is 0 Å². The Kier molecular flexibility index (Phi) is 15.0. The van der Waals surface area contributed by atoms with E-state index in [9.17, 15) is 4.79 Å². The molecule has 26 heavy (non-hydrogen) atoms. The van der Waals surface area contributed by atoms with Crippen LogP contribution in [0.3, 0.4) is 0 Å². The number of nitrogens with one attached hydrogen (secondary N) is 1. The van der Waals surface area contributed by atoms with Crippen molar-refractivity contribution in [3.63, 3.8) is 0 Å². The van der Waals surface area contributed by atoms with Gasteiger partial charge < -0.3 is 16.0 Å². The lowest BCUT2D eigenvalue weighted by Crippen LogP contribution is -2.50. The molecule has 152 valence electrons. The van der Waals surface area contributed by atoms with Gasteiger partial charge in [0, 0.05) is 51.7 Å². The second-order valence-corrected chi connectivity index (χ2v) is 6.40. The maximum Gasteiger partial charge on any atom is 0.236 e. The number of hydrogen-bond acceptors (Lipinski definition) is 6. The number of halogens is 3. The average molecular weight is 430 g/mol. The number of piperazine rings is 1. The van der Waals surface area contributed by atoms with Crippen molar-refractivity contribution in [1.82, 2.24) is 20.2 Å². The molecule has 7 nitrogen and oxygen atoms in total. The van der Waals surface area contributed by atoms with E-state index in [4.69, 9.17) is 5.73 Å². The van der Waals surface area contributed by atoms with E-state index < -0.39 is 6.04 Å². The van der Waals surface area contributed by atoms with Crippen molar-refractivity contribution in [2.45, 2.75) is 26.3 Å². The highest BCUT2D eigenvalue weighted by molar-refractivity contribution is 5.86. The largest absolute Gasteiger partial charge is 0.353 e. The molecule has 1 saturated heterocycles. The number of carbonyl (C=O) groups is 1. The molecule has 0 aliphatic carbocycles. The average Bonchev–Trinajstić information content (AvgIpc) is 2.55. The van der Waals surface area contributed by atoms with E-state index in [-0.39, 0.29) is 43.1 Å². The summed E-state index contributed by atoms with van der Waals surface area (Å²) in [6, 6.07) is 1.42. The van der Waals surface area contributed by atoms with Crippen LogP contribution in [0.4, 0.5) is 5.95 Å². The van der Waals surface area contributed by atoms with Crippen molar-refractivity contribution in [2.24, 2.45) is 11.7 Å². The minimum Gasteiger partial charge on any atom is -0.353 e. The lowest BCUT2D eigenvalue weighted by molar-refractivity contribution is -0.122. The Morgan fingerprint density at radius 2 is 1.73 bits per heavy atom. The Hall–Kier alpha value is -0.860. The van der Waals surface area contributed by atoms with Crippen LogP contribution in [0.15, 0.2) is 18.5 Å². The summed E-state index contributed by atoms with van der Waals surface area (Å²) in [7, 11) is 0. The van der Waals surface area contributed by atoms with Gasteiger partial charge in [-0.05, 0) is 18.4 Å². The van der Waals surface area contributed by atoms with Crippen molar-refractivity contribution >= 4 is 49.1 Å². The van der Waals surface area contributed by atoms with Crippen LogP contribution in [0.25, 0.3) is 0 Å². The first-order valence-corrected chi connectivity index (χ1v) is 8.34.